The third-order valence-electron chi connectivity index (χ3n) is 3.83. The van der Waals surface area contributed by atoms with Gasteiger partial charge >= 0.3 is 0 Å². The van der Waals surface area contributed by atoms with E-state index in [0.29, 0.717) is 19.3 Å². The number of aliphatic hydroxyl groups excluding tert-OH is 1. The predicted molar refractivity (Wildman–Crippen MR) is 59.0 cm³/mol. The lowest BCUT2D eigenvalue weighted by atomic mass is 9.64. The molecule has 2 aliphatic rings. The summed E-state index contributed by atoms with van der Waals surface area (Å²) in [5.74, 6) is -0.107. The Bertz CT molecular complexity index is 359. The Morgan fingerprint density at radius 3 is 2.62 bits per heavy atom. The van der Waals surface area contributed by atoms with Crippen LogP contribution in [0, 0.1) is 22.7 Å². The molecular weight excluding hydrogens is 205 g/mol. The average Bonchev–Trinajstić information content (AvgIpc) is 2.32. The lowest BCUT2D eigenvalue weighted by Crippen LogP contribution is -2.34. The second-order valence-corrected chi connectivity index (χ2v) is 4.79. The van der Waals surface area contributed by atoms with Crippen LogP contribution >= 0.6 is 0 Å². The second-order valence-electron chi connectivity index (χ2n) is 4.79. The SMILES string of the molecule is N#C[C@]1(C2C=CC(F)=CC2)CC[C@H](O)CC1. The van der Waals surface area contributed by atoms with E-state index in [1.165, 1.54) is 6.08 Å². The minimum absolute atomic E-state index is 0.101. The molecule has 2 nitrogen and oxygen atoms in total. The minimum atomic E-state index is -0.396. The number of allylic oxidation sites excluding steroid dienone is 4. The Morgan fingerprint density at radius 1 is 1.44 bits per heavy atom. The number of hydrogen-bond acceptors (Lipinski definition) is 2. The van der Waals surface area contributed by atoms with Crippen LogP contribution in [0.3, 0.4) is 0 Å². The van der Waals surface area contributed by atoms with Crippen molar-refractivity contribution in [2.24, 2.45) is 11.3 Å². The van der Waals surface area contributed by atoms with Crippen LogP contribution in [0.4, 0.5) is 4.39 Å². The van der Waals surface area contributed by atoms with Gasteiger partial charge in [0.05, 0.1) is 17.6 Å². The summed E-state index contributed by atoms with van der Waals surface area (Å²) in [6.45, 7) is 0. The molecule has 0 radical (unpaired) electrons. The molecule has 0 aromatic rings. The largest absolute Gasteiger partial charge is 0.393 e. The van der Waals surface area contributed by atoms with E-state index in [4.69, 9.17) is 0 Å². The number of rotatable bonds is 1. The highest BCUT2D eigenvalue weighted by atomic mass is 19.1. The zero-order chi connectivity index (χ0) is 11.6. The highest BCUT2D eigenvalue weighted by molar-refractivity contribution is 5.22. The molecule has 2 aliphatic carbocycles. The Hall–Kier alpha value is -1.14. The summed E-state index contributed by atoms with van der Waals surface area (Å²) < 4.78 is 12.9. The zero-order valence-electron chi connectivity index (χ0n) is 9.19. The van der Waals surface area contributed by atoms with Crippen LogP contribution in [-0.4, -0.2) is 11.2 Å². The molecule has 16 heavy (non-hydrogen) atoms. The van der Waals surface area contributed by atoms with Crippen molar-refractivity contribution in [3.8, 4) is 6.07 Å². The monoisotopic (exact) mass is 221 g/mol. The van der Waals surface area contributed by atoms with Crippen molar-refractivity contribution < 1.29 is 9.50 Å². The predicted octanol–water partition coefficient (Wildman–Crippen LogP) is 2.86. The first-order valence-electron chi connectivity index (χ1n) is 5.79. The van der Waals surface area contributed by atoms with Crippen molar-refractivity contribution in [3.05, 3.63) is 24.1 Å². The van der Waals surface area contributed by atoms with Gasteiger partial charge in [0.2, 0.25) is 0 Å². The van der Waals surface area contributed by atoms with Crippen molar-refractivity contribution in [2.75, 3.05) is 0 Å². The van der Waals surface area contributed by atoms with Gasteiger partial charge in [0.15, 0.2) is 0 Å². The molecule has 1 atom stereocenters. The fourth-order valence-corrected chi connectivity index (χ4v) is 2.69. The second kappa shape index (κ2) is 4.39. The van der Waals surface area contributed by atoms with Crippen LogP contribution in [0.25, 0.3) is 0 Å². The van der Waals surface area contributed by atoms with Gasteiger partial charge in [-0.3, -0.25) is 0 Å². The van der Waals surface area contributed by atoms with Crippen LogP contribution in [0.1, 0.15) is 32.1 Å². The van der Waals surface area contributed by atoms with Gasteiger partial charge in [0.25, 0.3) is 0 Å². The molecule has 1 fully saturated rings. The molecule has 0 aliphatic heterocycles. The Labute approximate surface area is 95.1 Å². The lowest BCUT2D eigenvalue weighted by Gasteiger charge is -2.38. The Balaban J connectivity index is 2.12. The van der Waals surface area contributed by atoms with E-state index in [9.17, 15) is 14.8 Å². The normalized spacial score (nSPS) is 38.9. The topological polar surface area (TPSA) is 44.0 Å². The van der Waals surface area contributed by atoms with Crippen LogP contribution in [0.2, 0.25) is 0 Å². The molecule has 1 N–H and O–H groups in total. The fourth-order valence-electron chi connectivity index (χ4n) is 2.69. The van der Waals surface area contributed by atoms with E-state index in [0.717, 1.165) is 12.8 Å². The summed E-state index contributed by atoms with van der Waals surface area (Å²) in [4.78, 5) is 0. The lowest BCUT2D eigenvalue weighted by molar-refractivity contribution is 0.0693. The molecule has 0 aromatic heterocycles. The van der Waals surface area contributed by atoms with Gasteiger partial charge in [0.1, 0.15) is 5.83 Å². The quantitative estimate of drug-likeness (QED) is 0.740. The highest BCUT2D eigenvalue weighted by Gasteiger charge is 2.40. The smallest absolute Gasteiger partial charge is 0.118 e. The van der Waals surface area contributed by atoms with Crippen molar-refractivity contribution in [1.82, 2.24) is 0 Å². The first kappa shape index (κ1) is 11.3. The molecule has 0 aromatic carbocycles. The average molecular weight is 221 g/mol. The summed E-state index contributed by atoms with van der Waals surface area (Å²) in [5, 5.41) is 18.8. The first-order valence-corrected chi connectivity index (χ1v) is 5.79. The zero-order valence-corrected chi connectivity index (χ0v) is 9.19. The van der Waals surface area contributed by atoms with Gasteiger partial charge in [-0.15, -0.1) is 0 Å². The van der Waals surface area contributed by atoms with Crippen molar-refractivity contribution >= 4 is 0 Å². The minimum Gasteiger partial charge on any atom is -0.393 e. The molecule has 1 saturated carbocycles. The maximum Gasteiger partial charge on any atom is 0.118 e. The van der Waals surface area contributed by atoms with Crippen LogP contribution in [0.5, 0.6) is 0 Å². The Morgan fingerprint density at radius 2 is 2.12 bits per heavy atom. The molecule has 0 saturated heterocycles. The molecule has 86 valence electrons. The van der Waals surface area contributed by atoms with Gasteiger partial charge in [-0.1, -0.05) is 6.08 Å². The van der Waals surface area contributed by atoms with E-state index in [1.54, 1.807) is 6.08 Å². The Kier molecular flexibility index (Phi) is 3.11. The third-order valence-corrected chi connectivity index (χ3v) is 3.83. The summed E-state index contributed by atoms with van der Waals surface area (Å²) in [6, 6.07) is 2.41. The third kappa shape index (κ3) is 2.03. The van der Waals surface area contributed by atoms with Gasteiger partial charge in [-0.2, -0.15) is 5.26 Å². The van der Waals surface area contributed by atoms with Gasteiger partial charge in [-0.05, 0) is 50.2 Å². The van der Waals surface area contributed by atoms with Crippen molar-refractivity contribution in [2.45, 2.75) is 38.2 Å². The molecule has 1 unspecified atom stereocenters. The molecule has 0 bridgehead atoms. The summed E-state index contributed by atoms with van der Waals surface area (Å²) in [7, 11) is 0. The molecular formula is C13H16FNO. The summed E-state index contributed by atoms with van der Waals surface area (Å²) in [6.07, 6.45) is 7.97. The summed E-state index contributed by atoms with van der Waals surface area (Å²) >= 11 is 0. The number of nitriles is 1. The standard InChI is InChI=1S/C13H16FNO/c14-11-3-1-10(2-4-11)13(9-15)7-5-12(16)6-8-13/h1,3-4,10,12,16H,2,5-8H2/t10?,12-,13-. The van der Waals surface area contributed by atoms with Gasteiger partial charge < -0.3 is 5.11 Å². The van der Waals surface area contributed by atoms with E-state index in [2.05, 4.69) is 6.07 Å². The maximum atomic E-state index is 12.9. The fraction of sp³-hybridized carbons (Fsp3) is 0.615. The number of aliphatic hydroxyl groups is 1. The molecule has 0 heterocycles. The number of hydrogen-bond donors (Lipinski definition) is 1. The van der Waals surface area contributed by atoms with E-state index in [-0.39, 0.29) is 17.8 Å². The van der Waals surface area contributed by atoms with E-state index in [1.807, 2.05) is 6.08 Å². The van der Waals surface area contributed by atoms with Crippen LogP contribution < -0.4 is 0 Å². The number of nitrogens with zero attached hydrogens (tertiary/aromatic N) is 1. The highest BCUT2D eigenvalue weighted by Crippen LogP contribution is 2.45. The maximum absolute atomic E-state index is 12.9. The van der Waals surface area contributed by atoms with E-state index >= 15 is 0 Å². The molecule has 0 amide bonds. The van der Waals surface area contributed by atoms with Gasteiger partial charge in [0, 0.05) is 0 Å². The van der Waals surface area contributed by atoms with Crippen LogP contribution in [-0.2, 0) is 0 Å². The molecule has 0 spiro atoms. The van der Waals surface area contributed by atoms with Crippen molar-refractivity contribution in [1.29, 1.82) is 5.26 Å². The van der Waals surface area contributed by atoms with Crippen LogP contribution in [0.15, 0.2) is 24.1 Å². The molecule has 3 heteroatoms. The molecule has 2 rings (SSSR count). The van der Waals surface area contributed by atoms with E-state index < -0.39 is 5.41 Å². The first-order chi connectivity index (χ1) is 7.66. The van der Waals surface area contributed by atoms with Crippen molar-refractivity contribution in [3.63, 3.8) is 0 Å². The summed E-state index contributed by atoms with van der Waals surface area (Å²) in [5.41, 5.74) is -0.396. The number of halogens is 1. The van der Waals surface area contributed by atoms with Gasteiger partial charge in [-0.25, -0.2) is 4.39 Å².